The number of rotatable bonds is 15. The van der Waals surface area contributed by atoms with Gasteiger partial charge in [-0.05, 0) is 64.2 Å². The van der Waals surface area contributed by atoms with Crippen LogP contribution in [0.2, 0.25) is 0 Å². The number of carbonyl (C=O) groups is 4. The Balaban J connectivity index is 3.52. The molecule has 4 N–H and O–H groups in total. The highest BCUT2D eigenvalue weighted by Crippen LogP contribution is 2.28. The number of carbonyl (C=O) groups excluding carboxylic acids is 4. The van der Waals surface area contributed by atoms with Crippen LogP contribution in [0.3, 0.4) is 0 Å². The summed E-state index contributed by atoms with van der Waals surface area (Å²) in [6.45, 7) is 15.3. The van der Waals surface area contributed by atoms with Crippen LogP contribution >= 0.6 is 0 Å². The molecule has 0 aliphatic rings. The molecule has 0 heterocycles. The van der Waals surface area contributed by atoms with Crippen molar-refractivity contribution in [3.8, 4) is 0 Å². The second-order valence-electron chi connectivity index (χ2n) is 10.5. The number of nitrogens with two attached hydrogens (primary N) is 1. The van der Waals surface area contributed by atoms with Crippen molar-refractivity contribution in [3.63, 3.8) is 0 Å². The highest BCUT2D eigenvalue weighted by molar-refractivity contribution is 5.92. The average Bonchev–Trinajstić information content (AvgIpc) is 2.85. The van der Waals surface area contributed by atoms with Crippen molar-refractivity contribution in [3.05, 3.63) is 42.0 Å². The fourth-order valence-corrected chi connectivity index (χ4v) is 3.95. The van der Waals surface area contributed by atoms with Crippen molar-refractivity contribution in [1.82, 2.24) is 15.5 Å². The maximum absolute atomic E-state index is 14.1. The third kappa shape index (κ3) is 10.9. The van der Waals surface area contributed by atoms with E-state index < -0.39 is 35.6 Å². The highest BCUT2D eigenvalue weighted by atomic mass is 16.6. The molecule has 9 nitrogen and oxygen atoms in total. The van der Waals surface area contributed by atoms with Crippen LogP contribution in [0.25, 0.3) is 6.08 Å². The van der Waals surface area contributed by atoms with E-state index in [0.29, 0.717) is 18.5 Å². The summed E-state index contributed by atoms with van der Waals surface area (Å²) in [5.41, 5.74) is 6.00. The number of amides is 4. The number of nitrogens with zero attached hydrogens (tertiary/aromatic N) is 1. The lowest BCUT2D eigenvalue weighted by Crippen LogP contribution is -2.55. The van der Waals surface area contributed by atoms with E-state index in [1.807, 2.05) is 32.0 Å². The van der Waals surface area contributed by atoms with Crippen LogP contribution in [-0.2, 0) is 19.1 Å². The number of ether oxygens (including phenoxy) is 1. The van der Waals surface area contributed by atoms with Gasteiger partial charge in [-0.15, -0.1) is 0 Å². The topological polar surface area (TPSA) is 131 Å². The minimum Gasteiger partial charge on any atom is -0.444 e. The van der Waals surface area contributed by atoms with Gasteiger partial charge in [0, 0.05) is 19.0 Å². The Labute approximate surface area is 227 Å². The van der Waals surface area contributed by atoms with E-state index in [0.717, 1.165) is 24.8 Å². The van der Waals surface area contributed by atoms with E-state index in [1.54, 1.807) is 32.9 Å². The molecule has 3 unspecified atom stereocenters. The third-order valence-corrected chi connectivity index (χ3v) is 6.06. The van der Waals surface area contributed by atoms with Crippen molar-refractivity contribution in [2.75, 3.05) is 6.54 Å². The third-order valence-electron chi connectivity index (χ3n) is 6.06. The van der Waals surface area contributed by atoms with E-state index in [4.69, 9.17) is 10.5 Å². The van der Waals surface area contributed by atoms with Gasteiger partial charge in [0.05, 0.1) is 0 Å². The number of unbranched alkanes of at least 4 members (excludes halogenated alkanes) is 2. The predicted octanol–water partition coefficient (Wildman–Crippen LogP) is 4.46. The lowest BCUT2D eigenvalue weighted by molar-refractivity contribution is -0.145. The first-order chi connectivity index (χ1) is 17.8. The molecule has 1 aromatic rings. The van der Waals surface area contributed by atoms with Crippen molar-refractivity contribution < 1.29 is 23.9 Å². The van der Waals surface area contributed by atoms with Crippen molar-refractivity contribution >= 4 is 29.9 Å². The Morgan fingerprint density at radius 3 is 2.39 bits per heavy atom. The molecule has 1 aromatic carbocycles. The first kappa shape index (κ1) is 32.7. The second-order valence-corrected chi connectivity index (χ2v) is 10.5. The molecule has 0 aliphatic heterocycles. The van der Waals surface area contributed by atoms with Gasteiger partial charge in [0.1, 0.15) is 17.7 Å². The van der Waals surface area contributed by atoms with Crippen LogP contribution in [0.1, 0.15) is 97.2 Å². The van der Waals surface area contributed by atoms with Crippen LogP contribution in [0.5, 0.6) is 0 Å². The van der Waals surface area contributed by atoms with Crippen LogP contribution in [-0.4, -0.2) is 52.9 Å². The smallest absolute Gasteiger partial charge is 0.408 e. The Hall–Kier alpha value is -3.36. The van der Waals surface area contributed by atoms with Gasteiger partial charge < -0.3 is 26.0 Å². The molecule has 0 bridgehead atoms. The van der Waals surface area contributed by atoms with E-state index in [-0.39, 0.29) is 24.8 Å². The average molecular weight is 531 g/mol. The monoisotopic (exact) mass is 530 g/mol. The SMILES string of the molecule is C=Cc1cccc(C(C(=O)NCCCCC)N(C(=O)C(CCC(N)=O)NC(=O)OC(C)(C)C)C(C)CC)c1. The number of hydrogen-bond donors (Lipinski definition) is 3. The van der Waals surface area contributed by atoms with Gasteiger partial charge >= 0.3 is 6.09 Å². The van der Waals surface area contributed by atoms with E-state index in [9.17, 15) is 19.2 Å². The summed E-state index contributed by atoms with van der Waals surface area (Å²) in [6.07, 6.45) is 4.09. The predicted molar refractivity (Wildman–Crippen MR) is 150 cm³/mol. The molecule has 9 heteroatoms. The molecule has 38 heavy (non-hydrogen) atoms. The van der Waals surface area contributed by atoms with Crippen molar-refractivity contribution in [2.45, 2.75) is 104 Å². The molecule has 0 fully saturated rings. The minimum atomic E-state index is -1.12. The van der Waals surface area contributed by atoms with E-state index in [1.165, 1.54) is 4.90 Å². The molecule has 0 aromatic heterocycles. The second kappa shape index (κ2) is 15.8. The molecular formula is C29H46N4O5. The van der Waals surface area contributed by atoms with E-state index >= 15 is 0 Å². The standard InChI is InChI=1S/C29H46N4O5/c1-8-11-12-18-31-26(35)25(22-15-13-14-21(10-3)19-22)33(20(4)9-2)27(36)23(16-17-24(30)34)32-28(37)38-29(5,6)7/h10,13-15,19-20,23,25H,3,8-9,11-12,16-18H2,1-2,4-7H3,(H2,30,34)(H,31,35)(H,32,37). The van der Waals surface area contributed by atoms with Gasteiger partial charge in [-0.3, -0.25) is 14.4 Å². The molecule has 1 rings (SSSR count). The summed E-state index contributed by atoms with van der Waals surface area (Å²) in [4.78, 5) is 53.5. The summed E-state index contributed by atoms with van der Waals surface area (Å²) >= 11 is 0. The molecule has 3 atom stereocenters. The summed E-state index contributed by atoms with van der Waals surface area (Å²) in [5.74, 6) is -1.42. The number of hydrogen-bond acceptors (Lipinski definition) is 5. The van der Waals surface area contributed by atoms with Crippen LogP contribution in [0, 0.1) is 0 Å². The Kier molecular flexibility index (Phi) is 13.6. The van der Waals surface area contributed by atoms with Crippen LogP contribution < -0.4 is 16.4 Å². The first-order valence-electron chi connectivity index (χ1n) is 13.4. The molecule has 0 aliphatic carbocycles. The summed E-state index contributed by atoms with van der Waals surface area (Å²) in [6, 6.07) is 4.85. The zero-order chi connectivity index (χ0) is 28.9. The Morgan fingerprint density at radius 1 is 1.16 bits per heavy atom. The normalized spacial score (nSPS) is 13.5. The molecule has 212 valence electrons. The fourth-order valence-electron chi connectivity index (χ4n) is 3.95. The number of alkyl carbamates (subject to hydrolysis) is 1. The Bertz CT molecular complexity index is 957. The molecule has 0 radical (unpaired) electrons. The summed E-state index contributed by atoms with van der Waals surface area (Å²) in [5, 5.41) is 5.59. The van der Waals surface area contributed by atoms with Crippen LogP contribution in [0.15, 0.2) is 30.8 Å². The lowest BCUT2D eigenvalue weighted by atomic mass is 9.97. The van der Waals surface area contributed by atoms with Gasteiger partial charge in [-0.2, -0.15) is 0 Å². The number of primary amides is 1. The van der Waals surface area contributed by atoms with Gasteiger partial charge in [0.25, 0.3) is 0 Å². The molecule has 0 saturated carbocycles. The maximum Gasteiger partial charge on any atom is 0.408 e. The summed E-state index contributed by atoms with van der Waals surface area (Å²) in [7, 11) is 0. The zero-order valence-corrected chi connectivity index (χ0v) is 23.8. The lowest BCUT2D eigenvalue weighted by Gasteiger charge is -2.38. The summed E-state index contributed by atoms with van der Waals surface area (Å²) < 4.78 is 5.36. The van der Waals surface area contributed by atoms with Gasteiger partial charge in [-0.1, -0.05) is 57.5 Å². The van der Waals surface area contributed by atoms with Gasteiger partial charge in [-0.25, -0.2) is 4.79 Å². The molecular weight excluding hydrogens is 484 g/mol. The number of benzene rings is 1. The van der Waals surface area contributed by atoms with Crippen LogP contribution in [0.4, 0.5) is 4.79 Å². The van der Waals surface area contributed by atoms with Crippen molar-refractivity contribution in [1.29, 1.82) is 0 Å². The Morgan fingerprint density at radius 2 is 1.84 bits per heavy atom. The quantitative estimate of drug-likeness (QED) is 0.288. The number of nitrogens with one attached hydrogen (secondary N) is 2. The van der Waals surface area contributed by atoms with Crippen molar-refractivity contribution in [2.24, 2.45) is 5.73 Å². The van der Waals surface area contributed by atoms with Gasteiger partial charge in [0.15, 0.2) is 0 Å². The largest absolute Gasteiger partial charge is 0.444 e. The zero-order valence-electron chi connectivity index (χ0n) is 23.8. The first-order valence-corrected chi connectivity index (χ1v) is 13.4. The minimum absolute atomic E-state index is 0.0299. The molecule has 4 amide bonds. The van der Waals surface area contributed by atoms with E-state index in [2.05, 4.69) is 24.1 Å². The maximum atomic E-state index is 14.1. The highest BCUT2D eigenvalue weighted by Gasteiger charge is 2.38. The molecule has 0 spiro atoms. The fraction of sp³-hybridized carbons (Fsp3) is 0.586. The molecule has 0 saturated heterocycles. The van der Waals surface area contributed by atoms with Gasteiger partial charge in [0.2, 0.25) is 17.7 Å².